The summed E-state index contributed by atoms with van der Waals surface area (Å²) in [6, 6.07) is -1.31. The van der Waals surface area contributed by atoms with Crippen LogP contribution in [0.2, 0.25) is 0 Å². The minimum atomic E-state index is -1.04. The molecule has 1 fully saturated rings. The Morgan fingerprint density at radius 2 is 1.74 bits per heavy atom. The lowest BCUT2D eigenvalue weighted by Crippen LogP contribution is -2.55. The van der Waals surface area contributed by atoms with E-state index < -0.39 is 23.0 Å². The molecule has 1 heterocycles. The fourth-order valence-corrected chi connectivity index (χ4v) is 2.05. The second-order valence-corrected chi connectivity index (χ2v) is 6.57. The molecule has 1 atom stereocenters. The van der Waals surface area contributed by atoms with Gasteiger partial charge in [-0.3, -0.25) is 0 Å². The number of rotatable bonds is 2. The van der Waals surface area contributed by atoms with Crippen LogP contribution in [0.1, 0.15) is 40.5 Å². The number of urea groups is 1. The maximum Gasteiger partial charge on any atom is 0.326 e. The SMILES string of the molecule is CC1(O)CCN(C(=O)N[C@@H](C(=O)O)C(C)(C)C)CC1. The van der Waals surface area contributed by atoms with Crippen molar-refractivity contribution in [3.05, 3.63) is 0 Å². The molecule has 0 aliphatic carbocycles. The molecule has 1 rings (SSSR count). The van der Waals surface area contributed by atoms with Gasteiger partial charge in [-0.2, -0.15) is 0 Å². The number of nitrogens with one attached hydrogen (secondary N) is 1. The number of hydrogen-bond acceptors (Lipinski definition) is 3. The highest BCUT2D eigenvalue weighted by Crippen LogP contribution is 2.23. The van der Waals surface area contributed by atoms with Crippen molar-refractivity contribution in [2.75, 3.05) is 13.1 Å². The van der Waals surface area contributed by atoms with Crippen molar-refractivity contribution < 1.29 is 19.8 Å². The van der Waals surface area contributed by atoms with Crippen molar-refractivity contribution in [3.63, 3.8) is 0 Å². The van der Waals surface area contributed by atoms with E-state index >= 15 is 0 Å². The van der Waals surface area contributed by atoms with Crippen molar-refractivity contribution in [1.82, 2.24) is 10.2 Å². The predicted octanol–water partition coefficient (Wildman–Crippen LogP) is 1.04. The van der Waals surface area contributed by atoms with E-state index in [0.717, 1.165) is 0 Å². The number of hydrogen-bond donors (Lipinski definition) is 3. The molecular weight excluding hydrogens is 248 g/mol. The molecule has 1 aliphatic heterocycles. The molecule has 0 aromatic rings. The Morgan fingerprint density at radius 1 is 1.26 bits per heavy atom. The normalized spacial score (nSPS) is 20.8. The van der Waals surface area contributed by atoms with Crippen LogP contribution in [0.3, 0.4) is 0 Å². The largest absolute Gasteiger partial charge is 0.480 e. The topological polar surface area (TPSA) is 89.9 Å². The molecule has 6 nitrogen and oxygen atoms in total. The van der Waals surface area contributed by atoms with Crippen molar-refractivity contribution in [2.45, 2.75) is 52.2 Å². The zero-order valence-electron chi connectivity index (χ0n) is 12.1. The van der Waals surface area contributed by atoms with Crippen LogP contribution in [0.5, 0.6) is 0 Å². The van der Waals surface area contributed by atoms with Gasteiger partial charge in [-0.15, -0.1) is 0 Å². The number of nitrogens with zero attached hydrogens (tertiary/aromatic N) is 1. The number of carbonyl (C=O) groups excluding carboxylic acids is 1. The molecule has 0 saturated carbocycles. The standard InChI is InChI=1S/C13H24N2O4/c1-12(2,3)9(10(16)17)14-11(18)15-7-5-13(4,19)6-8-15/h9,19H,5-8H2,1-4H3,(H,14,18)(H,16,17)/t9-/m0/s1. The lowest BCUT2D eigenvalue weighted by Gasteiger charge is -2.37. The third kappa shape index (κ3) is 4.38. The molecule has 1 aliphatic rings. The van der Waals surface area contributed by atoms with Gasteiger partial charge < -0.3 is 20.4 Å². The van der Waals surface area contributed by atoms with E-state index in [0.29, 0.717) is 25.9 Å². The Labute approximate surface area is 113 Å². The molecule has 6 heteroatoms. The second-order valence-electron chi connectivity index (χ2n) is 6.57. The van der Waals surface area contributed by atoms with Crippen LogP contribution in [-0.2, 0) is 4.79 Å². The van der Waals surface area contributed by atoms with Gasteiger partial charge >= 0.3 is 12.0 Å². The number of aliphatic hydroxyl groups is 1. The average Bonchev–Trinajstić information content (AvgIpc) is 2.23. The van der Waals surface area contributed by atoms with E-state index in [1.165, 1.54) is 0 Å². The number of amides is 2. The summed E-state index contributed by atoms with van der Waals surface area (Å²) in [5.74, 6) is -1.04. The highest BCUT2D eigenvalue weighted by Gasteiger charge is 2.35. The van der Waals surface area contributed by atoms with Gasteiger partial charge in [0.2, 0.25) is 0 Å². The number of piperidine rings is 1. The van der Waals surface area contributed by atoms with Gasteiger partial charge in [0.15, 0.2) is 0 Å². The molecule has 19 heavy (non-hydrogen) atoms. The quantitative estimate of drug-likeness (QED) is 0.700. The minimum absolute atomic E-state index is 0.377. The summed E-state index contributed by atoms with van der Waals surface area (Å²) in [7, 11) is 0. The fourth-order valence-electron chi connectivity index (χ4n) is 2.05. The van der Waals surface area contributed by atoms with E-state index in [2.05, 4.69) is 5.32 Å². The van der Waals surface area contributed by atoms with Gasteiger partial charge in [0.05, 0.1) is 5.60 Å². The zero-order valence-corrected chi connectivity index (χ0v) is 12.1. The molecular formula is C13H24N2O4. The number of likely N-dealkylation sites (tertiary alicyclic amines) is 1. The van der Waals surface area contributed by atoms with Crippen LogP contribution in [-0.4, -0.2) is 51.8 Å². The monoisotopic (exact) mass is 272 g/mol. The fraction of sp³-hybridized carbons (Fsp3) is 0.846. The lowest BCUT2D eigenvalue weighted by atomic mass is 9.87. The van der Waals surface area contributed by atoms with Gasteiger partial charge in [0.25, 0.3) is 0 Å². The first-order valence-corrected chi connectivity index (χ1v) is 6.53. The molecule has 0 spiro atoms. The summed E-state index contributed by atoms with van der Waals surface area (Å²) in [5.41, 5.74) is -1.28. The Kier molecular flexibility index (Phi) is 4.45. The van der Waals surface area contributed by atoms with Crippen LogP contribution in [0.15, 0.2) is 0 Å². The lowest BCUT2D eigenvalue weighted by molar-refractivity contribution is -0.142. The molecule has 0 aromatic carbocycles. The Balaban J connectivity index is 2.62. The van der Waals surface area contributed by atoms with E-state index in [1.54, 1.807) is 32.6 Å². The van der Waals surface area contributed by atoms with E-state index in [-0.39, 0.29) is 6.03 Å². The smallest absolute Gasteiger partial charge is 0.326 e. The third-order valence-electron chi connectivity index (χ3n) is 3.51. The first-order chi connectivity index (χ1) is 8.53. The van der Waals surface area contributed by atoms with Crippen molar-refractivity contribution >= 4 is 12.0 Å². The molecule has 0 unspecified atom stereocenters. The van der Waals surface area contributed by atoms with Crippen molar-refractivity contribution in [1.29, 1.82) is 0 Å². The first kappa shape index (κ1) is 15.8. The molecule has 110 valence electrons. The minimum Gasteiger partial charge on any atom is -0.480 e. The van der Waals surface area contributed by atoms with E-state index in [4.69, 9.17) is 5.11 Å². The van der Waals surface area contributed by atoms with Crippen molar-refractivity contribution in [3.8, 4) is 0 Å². The van der Waals surface area contributed by atoms with Crippen LogP contribution in [0.4, 0.5) is 4.79 Å². The maximum atomic E-state index is 12.0. The predicted molar refractivity (Wildman–Crippen MR) is 70.8 cm³/mol. The Hall–Kier alpha value is -1.30. The molecule has 0 aromatic heterocycles. The van der Waals surface area contributed by atoms with Crippen molar-refractivity contribution in [2.24, 2.45) is 5.41 Å². The van der Waals surface area contributed by atoms with Gasteiger partial charge in [-0.05, 0) is 25.2 Å². The van der Waals surface area contributed by atoms with E-state index in [9.17, 15) is 14.7 Å². The summed E-state index contributed by atoms with van der Waals surface area (Å²) in [6.07, 6.45) is 1.02. The van der Waals surface area contributed by atoms with Crippen LogP contribution in [0.25, 0.3) is 0 Å². The summed E-state index contributed by atoms with van der Waals surface area (Å²) in [4.78, 5) is 24.8. The van der Waals surface area contributed by atoms with Gasteiger partial charge in [0, 0.05) is 13.1 Å². The van der Waals surface area contributed by atoms with Crippen LogP contribution in [0, 0.1) is 5.41 Å². The summed E-state index contributed by atoms with van der Waals surface area (Å²) in [5, 5.41) is 21.5. The highest BCUT2D eigenvalue weighted by molar-refractivity contribution is 5.83. The molecule has 3 N–H and O–H groups in total. The zero-order chi connectivity index (χ0) is 14.8. The van der Waals surface area contributed by atoms with Gasteiger partial charge in [-0.1, -0.05) is 20.8 Å². The second kappa shape index (κ2) is 5.36. The molecule has 0 bridgehead atoms. The molecule has 1 saturated heterocycles. The first-order valence-electron chi connectivity index (χ1n) is 6.53. The maximum absolute atomic E-state index is 12.0. The third-order valence-corrected chi connectivity index (χ3v) is 3.51. The summed E-state index contributed by atoms with van der Waals surface area (Å²) in [6.45, 7) is 7.94. The Morgan fingerprint density at radius 3 is 2.11 bits per heavy atom. The van der Waals surface area contributed by atoms with Gasteiger partial charge in [0.1, 0.15) is 6.04 Å². The van der Waals surface area contributed by atoms with Gasteiger partial charge in [-0.25, -0.2) is 9.59 Å². The molecule has 0 radical (unpaired) electrons. The van der Waals surface area contributed by atoms with E-state index in [1.807, 2.05) is 0 Å². The Bertz CT molecular complexity index is 350. The van der Waals surface area contributed by atoms with Crippen LogP contribution >= 0.6 is 0 Å². The average molecular weight is 272 g/mol. The number of carbonyl (C=O) groups is 2. The number of carboxylic acids is 1. The summed E-state index contributed by atoms with van der Waals surface area (Å²) >= 11 is 0. The van der Waals surface area contributed by atoms with Crippen LogP contribution < -0.4 is 5.32 Å². The number of carboxylic acid groups (broad SMARTS) is 1. The molecule has 2 amide bonds. The highest BCUT2D eigenvalue weighted by atomic mass is 16.4. The number of aliphatic carboxylic acids is 1. The summed E-state index contributed by atoms with van der Waals surface area (Å²) < 4.78 is 0.